The van der Waals surface area contributed by atoms with Crippen LogP contribution in [0, 0.1) is 6.92 Å². The molecule has 0 amide bonds. The van der Waals surface area contributed by atoms with Gasteiger partial charge in [-0.25, -0.2) is 0 Å². The molecule has 2 aromatic rings. The summed E-state index contributed by atoms with van der Waals surface area (Å²) in [6, 6.07) is 2.03. The summed E-state index contributed by atoms with van der Waals surface area (Å²) in [4.78, 5) is 4.24. The first-order valence-electron chi connectivity index (χ1n) is 5.30. The van der Waals surface area contributed by atoms with Crippen LogP contribution in [0.2, 0.25) is 0 Å². The highest BCUT2D eigenvalue weighted by atomic mass is 16.5. The maximum Gasteiger partial charge on any atom is 0.244 e. The molecule has 0 aromatic carbocycles. The summed E-state index contributed by atoms with van der Waals surface area (Å²) in [6.07, 6.45) is 1.52. The number of hydrogen-bond acceptors (Lipinski definition) is 7. The van der Waals surface area contributed by atoms with Crippen LogP contribution in [0.5, 0.6) is 0 Å². The van der Waals surface area contributed by atoms with Crippen LogP contribution in [0.1, 0.15) is 19.6 Å². The van der Waals surface area contributed by atoms with Crippen molar-refractivity contribution < 1.29 is 4.52 Å². The Morgan fingerprint density at radius 3 is 2.76 bits per heavy atom. The first kappa shape index (κ1) is 11.3. The molecule has 2 aromatic heterocycles. The van der Waals surface area contributed by atoms with Gasteiger partial charge < -0.3 is 15.2 Å². The van der Waals surface area contributed by atoms with Crippen LogP contribution in [-0.4, -0.2) is 26.4 Å². The van der Waals surface area contributed by atoms with Crippen LogP contribution in [0.3, 0.4) is 0 Å². The smallest absolute Gasteiger partial charge is 0.244 e. The summed E-state index contributed by atoms with van der Waals surface area (Å²) in [6.45, 7) is 5.83. The lowest BCUT2D eigenvalue weighted by Crippen LogP contribution is -2.13. The van der Waals surface area contributed by atoms with E-state index in [2.05, 4.69) is 31.0 Å². The van der Waals surface area contributed by atoms with Gasteiger partial charge in [-0.05, 0) is 20.8 Å². The third-order valence-electron chi connectivity index (χ3n) is 1.86. The summed E-state index contributed by atoms with van der Waals surface area (Å²) >= 11 is 0. The summed E-state index contributed by atoms with van der Waals surface area (Å²) in [7, 11) is 0. The molecule has 0 atom stereocenters. The quantitative estimate of drug-likeness (QED) is 0.832. The monoisotopic (exact) mass is 234 g/mol. The second-order valence-electron chi connectivity index (χ2n) is 3.91. The highest BCUT2D eigenvalue weighted by molar-refractivity contribution is 5.51. The molecule has 17 heavy (non-hydrogen) atoms. The van der Waals surface area contributed by atoms with Crippen molar-refractivity contribution in [3.63, 3.8) is 0 Å². The van der Waals surface area contributed by atoms with Crippen LogP contribution in [0.25, 0.3) is 0 Å². The molecule has 0 aliphatic carbocycles. The number of aromatic nitrogens is 4. The van der Waals surface area contributed by atoms with E-state index in [1.807, 2.05) is 20.8 Å². The van der Waals surface area contributed by atoms with Crippen molar-refractivity contribution in [1.29, 1.82) is 0 Å². The maximum absolute atomic E-state index is 4.94. The Morgan fingerprint density at radius 2 is 2.12 bits per heavy atom. The van der Waals surface area contributed by atoms with Crippen molar-refractivity contribution in [3.8, 4) is 0 Å². The zero-order chi connectivity index (χ0) is 12.3. The average Bonchev–Trinajstić information content (AvgIpc) is 2.63. The van der Waals surface area contributed by atoms with E-state index in [4.69, 9.17) is 4.52 Å². The SMILES string of the molecule is Cc1cc(Nc2cnnc(NC(C)C)n2)no1. The lowest BCUT2D eigenvalue weighted by molar-refractivity contribution is 0.400. The van der Waals surface area contributed by atoms with Gasteiger partial charge in [0.1, 0.15) is 5.76 Å². The van der Waals surface area contributed by atoms with Gasteiger partial charge in [-0.1, -0.05) is 5.16 Å². The zero-order valence-corrected chi connectivity index (χ0v) is 9.93. The van der Waals surface area contributed by atoms with E-state index < -0.39 is 0 Å². The molecule has 0 radical (unpaired) electrons. The van der Waals surface area contributed by atoms with Crippen LogP contribution < -0.4 is 10.6 Å². The van der Waals surface area contributed by atoms with Gasteiger partial charge in [0.25, 0.3) is 0 Å². The molecule has 0 fully saturated rings. The van der Waals surface area contributed by atoms with Gasteiger partial charge in [-0.15, -0.1) is 5.10 Å². The number of anilines is 3. The molecule has 0 spiro atoms. The van der Waals surface area contributed by atoms with Gasteiger partial charge in [0.2, 0.25) is 5.95 Å². The summed E-state index contributed by atoms with van der Waals surface area (Å²) in [5, 5.41) is 17.6. The minimum atomic E-state index is 0.251. The number of rotatable bonds is 4. The fourth-order valence-corrected chi connectivity index (χ4v) is 1.24. The molecule has 7 heteroatoms. The Balaban J connectivity index is 2.10. The second kappa shape index (κ2) is 4.77. The van der Waals surface area contributed by atoms with Crippen LogP contribution in [-0.2, 0) is 0 Å². The molecule has 90 valence electrons. The average molecular weight is 234 g/mol. The van der Waals surface area contributed by atoms with E-state index in [1.54, 1.807) is 6.07 Å². The van der Waals surface area contributed by atoms with Crippen molar-refractivity contribution in [1.82, 2.24) is 20.3 Å². The molecular weight excluding hydrogens is 220 g/mol. The van der Waals surface area contributed by atoms with Crippen molar-refractivity contribution in [3.05, 3.63) is 18.0 Å². The Labute approximate surface area is 98.6 Å². The van der Waals surface area contributed by atoms with E-state index >= 15 is 0 Å². The highest BCUT2D eigenvalue weighted by Gasteiger charge is 2.04. The first-order valence-corrected chi connectivity index (χ1v) is 5.30. The number of nitrogens with one attached hydrogen (secondary N) is 2. The second-order valence-corrected chi connectivity index (χ2v) is 3.91. The summed E-state index contributed by atoms with van der Waals surface area (Å²) in [5.41, 5.74) is 0. The topological polar surface area (TPSA) is 88.8 Å². The van der Waals surface area contributed by atoms with Gasteiger partial charge in [-0.2, -0.15) is 10.1 Å². The van der Waals surface area contributed by atoms with Gasteiger partial charge in [-0.3, -0.25) is 0 Å². The largest absolute Gasteiger partial charge is 0.360 e. The standard InChI is InChI=1S/C10H14N6O/c1-6(2)12-10-14-9(5-11-15-10)13-8-4-7(3)17-16-8/h4-6H,1-3H3,(H2,12,13,14,15,16). The molecule has 2 rings (SSSR count). The van der Waals surface area contributed by atoms with Crippen molar-refractivity contribution >= 4 is 17.6 Å². The molecule has 7 nitrogen and oxygen atoms in total. The van der Waals surface area contributed by atoms with E-state index in [0.717, 1.165) is 5.76 Å². The van der Waals surface area contributed by atoms with Crippen molar-refractivity contribution in [2.24, 2.45) is 0 Å². The van der Waals surface area contributed by atoms with Gasteiger partial charge >= 0.3 is 0 Å². The first-order chi connectivity index (χ1) is 8.13. The zero-order valence-electron chi connectivity index (χ0n) is 9.93. The molecule has 0 aliphatic rings. The number of hydrogen-bond donors (Lipinski definition) is 2. The molecule has 0 saturated carbocycles. The van der Waals surface area contributed by atoms with E-state index in [9.17, 15) is 0 Å². The summed E-state index contributed by atoms with van der Waals surface area (Å²) < 4.78 is 4.94. The molecule has 2 heterocycles. The fraction of sp³-hybridized carbons (Fsp3) is 0.400. The Bertz CT molecular complexity index is 495. The van der Waals surface area contributed by atoms with Crippen LogP contribution in [0.15, 0.2) is 16.8 Å². The lowest BCUT2D eigenvalue weighted by Gasteiger charge is -2.07. The van der Waals surface area contributed by atoms with Gasteiger partial charge in [0, 0.05) is 12.1 Å². The fourth-order valence-electron chi connectivity index (χ4n) is 1.24. The predicted octanol–water partition coefficient (Wildman–Crippen LogP) is 1.73. The van der Waals surface area contributed by atoms with Crippen LogP contribution >= 0.6 is 0 Å². The third kappa shape index (κ3) is 3.13. The van der Waals surface area contributed by atoms with E-state index in [1.165, 1.54) is 6.20 Å². The van der Waals surface area contributed by atoms with Gasteiger partial charge in [0.05, 0.1) is 6.20 Å². The van der Waals surface area contributed by atoms with Crippen molar-refractivity contribution in [2.45, 2.75) is 26.8 Å². The molecule has 0 aliphatic heterocycles. The minimum absolute atomic E-state index is 0.251. The molecule has 0 bridgehead atoms. The van der Waals surface area contributed by atoms with E-state index in [-0.39, 0.29) is 6.04 Å². The number of nitrogens with zero attached hydrogens (tertiary/aromatic N) is 4. The molecule has 2 N–H and O–H groups in total. The Morgan fingerprint density at radius 1 is 1.29 bits per heavy atom. The van der Waals surface area contributed by atoms with Crippen molar-refractivity contribution in [2.75, 3.05) is 10.6 Å². The van der Waals surface area contributed by atoms with Crippen LogP contribution in [0.4, 0.5) is 17.6 Å². The lowest BCUT2D eigenvalue weighted by atomic mass is 10.4. The normalized spacial score (nSPS) is 10.6. The maximum atomic E-state index is 4.94. The third-order valence-corrected chi connectivity index (χ3v) is 1.86. The predicted molar refractivity (Wildman–Crippen MR) is 63.1 cm³/mol. The minimum Gasteiger partial charge on any atom is -0.360 e. The Hall–Kier alpha value is -2.18. The van der Waals surface area contributed by atoms with Gasteiger partial charge in [0.15, 0.2) is 11.6 Å². The molecule has 0 unspecified atom stereocenters. The molecular formula is C10H14N6O. The van der Waals surface area contributed by atoms with E-state index in [0.29, 0.717) is 17.6 Å². The Kier molecular flexibility index (Phi) is 3.17. The molecule has 0 saturated heterocycles. The highest BCUT2D eigenvalue weighted by Crippen LogP contribution is 2.13. The number of aryl methyl sites for hydroxylation is 1. The summed E-state index contributed by atoms with van der Waals surface area (Å²) in [5.74, 6) is 2.37.